The molecule has 0 saturated heterocycles. The van der Waals surface area contributed by atoms with Crippen molar-refractivity contribution in [2.24, 2.45) is 0 Å². The van der Waals surface area contributed by atoms with E-state index in [4.69, 9.17) is 4.74 Å². The highest BCUT2D eigenvalue weighted by Crippen LogP contribution is 2.16. The Morgan fingerprint density at radius 3 is 2.52 bits per heavy atom. The van der Waals surface area contributed by atoms with Gasteiger partial charge in [0, 0.05) is 6.04 Å². The van der Waals surface area contributed by atoms with Crippen molar-refractivity contribution in [1.82, 2.24) is 5.32 Å². The Balaban J connectivity index is 2.45. The Hall–Kier alpha value is -2.04. The number of ether oxygens (including phenoxy) is 2. The van der Waals surface area contributed by atoms with E-state index in [0.717, 1.165) is 5.56 Å². The molecule has 1 aromatic carbocycles. The van der Waals surface area contributed by atoms with Crippen LogP contribution in [0.25, 0.3) is 0 Å². The standard InChI is InChI=1S/C16H23NO4/c1-5-13(9-16(19)20-4)17-15(18)10-21-14-7-6-11(2)12(3)8-14/h6-8,13H,5,9-10H2,1-4H3,(H,17,18). The monoisotopic (exact) mass is 293 g/mol. The van der Waals surface area contributed by atoms with E-state index in [9.17, 15) is 9.59 Å². The molecule has 0 saturated carbocycles. The Kier molecular flexibility index (Phi) is 6.72. The summed E-state index contributed by atoms with van der Waals surface area (Å²) in [7, 11) is 1.33. The van der Waals surface area contributed by atoms with Crippen LogP contribution in [0.3, 0.4) is 0 Å². The maximum absolute atomic E-state index is 11.8. The smallest absolute Gasteiger partial charge is 0.307 e. The Bertz CT molecular complexity index is 499. The zero-order valence-electron chi connectivity index (χ0n) is 13.1. The van der Waals surface area contributed by atoms with Gasteiger partial charge < -0.3 is 14.8 Å². The van der Waals surface area contributed by atoms with Crippen molar-refractivity contribution in [3.8, 4) is 5.75 Å². The number of benzene rings is 1. The molecular weight excluding hydrogens is 270 g/mol. The van der Waals surface area contributed by atoms with Crippen LogP contribution in [0.15, 0.2) is 18.2 Å². The number of esters is 1. The summed E-state index contributed by atoms with van der Waals surface area (Å²) in [5.74, 6) is 0.0791. The van der Waals surface area contributed by atoms with Crippen LogP contribution in [0.5, 0.6) is 5.75 Å². The van der Waals surface area contributed by atoms with Gasteiger partial charge in [-0.25, -0.2) is 0 Å². The Labute approximate surface area is 125 Å². The molecule has 0 aliphatic heterocycles. The van der Waals surface area contributed by atoms with Crippen molar-refractivity contribution in [1.29, 1.82) is 0 Å². The molecule has 1 N–H and O–H groups in total. The van der Waals surface area contributed by atoms with E-state index >= 15 is 0 Å². The van der Waals surface area contributed by atoms with Gasteiger partial charge in [-0.1, -0.05) is 13.0 Å². The molecule has 21 heavy (non-hydrogen) atoms. The summed E-state index contributed by atoms with van der Waals surface area (Å²) in [6.45, 7) is 5.84. The summed E-state index contributed by atoms with van der Waals surface area (Å²) in [4.78, 5) is 23.0. The fourth-order valence-electron chi connectivity index (χ4n) is 1.80. The normalized spacial score (nSPS) is 11.6. The zero-order chi connectivity index (χ0) is 15.8. The molecule has 0 bridgehead atoms. The lowest BCUT2D eigenvalue weighted by Gasteiger charge is -2.16. The fourth-order valence-corrected chi connectivity index (χ4v) is 1.80. The van der Waals surface area contributed by atoms with Gasteiger partial charge in [-0.2, -0.15) is 0 Å². The summed E-state index contributed by atoms with van der Waals surface area (Å²) < 4.78 is 10.0. The van der Waals surface area contributed by atoms with Crippen LogP contribution in [0.1, 0.15) is 30.9 Å². The summed E-state index contributed by atoms with van der Waals surface area (Å²) in [5.41, 5.74) is 2.29. The molecule has 5 nitrogen and oxygen atoms in total. The third kappa shape index (κ3) is 5.85. The van der Waals surface area contributed by atoms with Gasteiger partial charge >= 0.3 is 5.97 Å². The third-order valence-electron chi connectivity index (χ3n) is 3.35. The Morgan fingerprint density at radius 1 is 1.24 bits per heavy atom. The van der Waals surface area contributed by atoms with Gasteiger partial charge in [-0.05, 0) is 43.5 Å². The summed E-state index contributed by atoms with van der Waals surface area (Å²) in [5, 5.41) is 2.76. The van der Waals surface area contributed by atoms with E-state index in [2.05, 4.69) is 10.1 Å². The van der Waals surface area contributed by atoms with Gasteiger partial charge in [0.15, 0.2) is 6.61 Å². The summed E-state index contributed by atoms with van der Waals surface area (Å²) in [6.07, 6.45) is 0.826. The van der Waals surface area contributed by atoms with Crippen molar-refractivity contribution < 1.29 is 19.1 Å². The zero-order valence-corrected chi connectivity index (χ0v) is 13.1. The number of aryl methyl sites for hydroxylation is 2. The second-order valence-electron chi connectivity index (χ2n) is 4.99. The highest BCUT2D eigenvalue weighted by molar-refractivity contribution is 5.79. The van der Waals surface area contributed by atoms with Gasteiger partial charge in [0.1, 0.15) is 5.75 Å². The van der Waals surface area contributed by atoms with Gasteiger partial charge in [0.05, 0.1) is 13.5 Å². The second kappa shape index (κ2) is 8.29. The number of carbonyl (C=O) groups excluding carboxylic acids is 2. The van der Waals surface area contributed by atoms with Crippen LogP contribution in [0.4, 0.5) is 0 Å². The quantitative estimate of drug-likeness (QED) is 0.782. The van der Waals surface area contributed by atoms with E-state index in [1.54, 1.807) is 0 Å². The van der Waals surface area contributed by atoms with E-state index < -0.39 is 0 Å². The number of hydrogen-bond acceptors (Lipinski definition) is 4. The molecular formula is C16H23NO4. The summed E-state index contributed by atoms with van der Waals surface area (Å²) >= 11 is 0. The molecule has 0 fully saturated rings. The first-order valence-electron chi connectivity index (χ1n) is 7.02. The molecule has 1 unspecified atom stereocenters. The molecule has 0 heterocycles. The topological polar surface area (TPSA) is 64.6 Å². The molecule has 5 heteroatoms. The molecule has 0 radical (unpaired) electrons. The fraction of sp³-hybridized carbons (Fsp3) is 0.500. The maximum Gasteiger partial charge on any atom is 0.307 e. The predicted molar refractivity (Wildman–Crippen MR) is 80.3 cm³/mol. The minimum absolute atomic E-state index is 0.0693. The number of carbonyl (C=O) groups is 2. The van der Waals surface area contributed by atoms with Crippen LogP contribution in [-0.2, 0) is 14.3 Å². The van der Waals surface area contributed by atoms with Gasteiger partial charge in [-0.3, -0.25) is 9.59 Å². The average molecular weight is 293 g/mol. The number of rotatable bonds is 7. The minimum Gasteiger partial charge on any atom is -0.484 e. The molecule has 0 aliphatic rings. The van der Waals surface area contributed by atoms with Crippen LogP contribution in [0.2, 0.25) is 0 Å². The third-order valence-corrected chi connectivity index (χ3v) is 3.35. The lowest BCUT2D eigenvalue weighted by atomic mass is 10.1. The first-order valence-corrected chi connectivity index (χ1v) is 7.02. The molecule has 1 rings (SSSR count). The number of methoxy groups -OCH3 is 1. The van der Waals surface area contributed by atoms with Crippen molar-refractivity contribution in [2.75, 3.05) is 13.7 Å². The van der Waals surface area contributed by atoms with E-state index in [0.29, 0.717) is 12.2 Å². The van der Waals surface area contributed by atoms with Gasteiger partial charge in [0.25, 0.3) is 5.91 Å². The first-order chi connectivity index (χ1) is 9.96. The molecule has 1 amide bonds. The lowest BCUT2D eigenvalue weighted by Crippen LogP contribution is -2.39. The maximum atomic E-state index is 11.8. The second-order valence-corrected chi connectivity index (χ2v) is 4.99. The van der Waals surface area contributed by atoms with Crippen LogP contribution in [0, 0.1) is 13.8 Å². The van der Waals surface area contributed by atoms with E-state index in [-0.39, 0.29) is 30.9 Å². The van der Waals surface area contributed by atoms with Crippen molar-refractivity contribution in [2.45, 2.75) is 39.7 Å². The van der Waals surface area contributed by atoms with Crippen LogP contribution in [-0.4, -0.2) is 31.6 Å². The molecule has 0 aromatic heterocycles. The molecule has 1 atom stereocenters. The van der Waals surface area contributed by atoms with E-state index in [1.807, 2.05) is 39.0 Å². The SMILES string of the molecule is CCC(CC(=O)OC)NC(=O)COc1ccc(C)c(C)c1. The highest BCUT2D eigenvalue weighted by Gasteiger charge is 2.15. The van der Waals surface area contributed by atoms with Crippen LogP contribution < -0.4 is 10.1 Å². The predicted octanol–water partition coefficient (Wildman–Crippen LogP) is 2.14. The molecule has 0 spiro atoms. The lowest BCUT2D eigenvalue weighted by molar-refractivity contribution is -0.141. The first kappa shape index (κ1) is 17.0. The van der Waals surface area contributed by atoms with Crippen LogP contribution >= 0.6 is 0 Å². The molecule has 0 aliphatic carbocycles. The van der Waals surface area contributed by atoms with Crippen molar-refractivity contribution in [3.63, 3.8) is 0 Å². The van der Waals surface area contributed by atoms with Gasteiger partial charge in [0.2, 0.25) is 0 Å². The van der Waals surface area contributed by atoms with Crippen molar-refractivity contribution >= 4 is 11.9 Å². The average Bonchev–Trinajstić information content (AvgIpc) is 2.47. The Morgan fingerprint density at radius 2 is 1.95 bits per heavy atom. The number of hydrogen-bond donors (Lipinski definition) is 1. The number of nitrogens with one attached hydrogen (secondary N) is 1. The molecule has 1 aromatic rings. The molecule has 116 valence electrons. The minimum atomic E-state index is -0.336. The highest BCUT2D eigenvalue weighted by atomic mass is 16.5. The van der Waals surface area contributed by atoms with Crippen molar-refractivity contribution in [3.05, 3.63) is 29.3 Å². The number of amides is 1. The van der Waals surface area contributed by atoms with E-state index in [1.165, 1.54) is 12.7 Å². The van der Waals surface area contributed by atoms with Gasteiger partial charge in [-0.15, -0.1) is 0 Å². The summed E-state index contributed by atoms with van der Waals surface area (Å²) in [6, 6.07) is 5.46. The largest absolute Gasteiger partial charge is 0.484 e.